The van der Waals surface area contributed by atoms with Gasteiger partial charge in [-0.25, -0.2) is 4.98 Å². The van der Waals surface area contributed by atoms with Crippen molar-refractivity contribution < 1.29 is 4.74 Å². The monoisotopic (exact) mass is 271 g/mol. The number of hydrogen-bond donors (Lipinski definition) is 0. The molecule has 1 heterocycles. The smallest absolute Gasteiger partial charge is 0.110 e. The molecule has 0 aliphatic heterocycles. The zero-order chi connectivity index (χ0) is 14.5. The Morgan fingerprint density at radius 1 is 1.40 bits per heavy atom. The van der Waals surface area contributed by atoms with Gasteiger partial charge in [0.25, 0.3) is 0 Å². The minimum atomic E-state index is 0.357. The molecule has 1 aromatic carbocycles. The summed E-state index contributed by atoms with van der Waals surface area (Å²) in [6, 6.07) is 8.23. The van der Waals surface area contributed by atoms with E-state index < -0.39 is 0 Å². The minimum absolute atomic E-state index is 0.357. The van der Waals surface area contributed by atoms with Gasteiger partial charge in [-0.3, -0.25) is 0 Å². The lowest BCUT2D eigenvalue weighted by Gasteiger charge is -2.13. The van der Waals surface area contributed by atoms with Gasteiger partial charge < -0.3 is 9.30 Å². The second kappa shape index (κ2) is 6.53. The van der Waals surface area contributed by atoms with Crippen molar-refractivity contribution in [3.8, 4) is 6.07 Å². The average molecular weight is 271 g/mol. The summed E-state index contributed by atoms with van der Waals surface area (Å²) in [7, 11) is 0. The van der Waals surface area contributed by atoms with E-state index in [-0.39, 0.29) is 0 Å². The SMILES string of the molecule is CCOCCCc1nc2cc(C#N)ccc2n1C(C)C. The molecule has 0 atom stereocenters. The van der Waals surface area contributed by atoms with E-state index in [0.717, 1.165) is 42.9 Å². The maximum Gasteiger partial charge on any atom is 0.110 e. The Morgan fingerprint density at radius 2 is 2.20 bits per heavy atom. The van der Waals surface area contributed by atoms with Crippen molar-refractivity contribution in [1.82, 2.24) is 9.55 Å². The van der Waals surface area contributed by atoms with Crippen LogP contribution < -0.4 is 0 Å². The second-order valence-corrected chi connectivity index (χ2v) is 5.11. The summed E-state index contributed by atoms with van der Waals surface area (Å²) >= 11 is 0. The van der Waals surface area contributed by atoms with E-state index in [1.165, 1.54) is 0 Å². The first-order chi connectivity index (χ1) is 9.67. The van der Waals surface area contributed by atoms with Gasteiger partial charge in [-0.15, -0.1) is 0 Å². The second-order valence-electron chi connectivity index (χ2n) is 5.11. The summed E-state index contributed by atoms with van der Waals surface area (Å²) in [5.74, 6) is 1.07. The van der Waals surface area contributed by atoms with Crippen molar-refractivity contribution in [2.24, 2.45) is 0 Å². The van der Waals surface area contributed by atoms with Crippen molar-refractivity contribution in [2.75, 3.05) is 13.2 Å². The van der Waals surface area contributed by atoms with E-state index in [1.54, 1.807) is 0 Å². The van der Waals surface area contributed by atoms with Crippen LogP contribution in [0.15, 0.2) is 18.2 Å². The third-order valence-corrected chi connectivity index (χ3v) is 3.30. The molecule has 2 aromatic rings. The molecule has 0 saturated carbocycles. The summed E-state index contributed by atoms with van der Waals surface area (Å²) in [5, 5.41) is 8.98. The quantitative estimate of drug-likeness (QED) is 0.756. The molecule has 0 aliphatic carbocycles. The Morgan fingerprint density at radius 3 is 2.85 bits per heavy atom. The van der Waals surface area contributed by atoms with Crippen LogP contribution in [0.3, 0.4) is 0 Å². The van der Waals surface area contributed by atoms with Crippen LogP contribution in [0.4, 0.5) is 0 Å². The normalized spacial score (nSPS) is 11.2. The number of aryl methyl sites for hydroxylation is 1. The standard InChI is InChI=1S/C16H21N3O/c1-4-20-9-5-6-16-18-14-10-13(11-17)7-8-15(14)19(16)12(2)3/h7-8,10,12H,4-6,9H2,1-3H3. The summed E-state index contributed by atoms with van der Waals surface area (Å²) in [6.45, 7) is 7.84. The zero-order valence-electron chi connectivity index (χ0n) is 12.4. The van der Waals surface area contributed by atoms with Crippen molar-refractivity contribution in [3.63, 3.8) is 0 Å². The van der Waals surface area contributed by atoms with Crippen LogP contribution in [-0.4, -0.2) is 22.8 Å². The predicted octanol–water partition coefficient (Wildman–Crippen LogP) is 3.46. The summed E-state index contributed by atoms with van der Waals surface area (Å²) in [6.07, 6.45) is 1.86. The third-order valence-electron chi connectivity index (χ3n) is 3.30. The number of hydrogen-bond acceptors (Lipinski definition) is 3. The van der Waals surface area contributed by atoms with Crippen molar-refractivity contribution in [1.29, 1.82) is 5.26 Å². The van der Waals surface area contributed by atoms with E-state index in [4.69, 9.17) is 15.0 Å². The lowest BCUT2D eigenvalue weighted by molar-refractivity contribution is 0.144. The molecule has 0 unspecified atom stereocenters. The van der Waals surface area contributed by atoms with Gasteiger partial charge in [-0.1, -0.05) is 0 Å². The third kappa shape index (κ3) is 3.00. The molecule has 0 aliphatic rings. The van der Waals surface area contributed by atoms with Crippen LogP contribution in [-0.2, 0) is 11.2 Å². The molecule has 4 heteroatoms. The first kappa shape index (κ1) is 14.5. The number of nitriles is 1. The van der Waals surface area contributed by atoms with Crippen LogP contribution in [0.1, 0.15) is 44.6 Å². The van der Waals surface area contributed by atoms with Gasteiger partial charge >= 0.3 is 0 Å². The van der Waals surface area contributed by atoms with Gasteiger partial charge in [0.05, 0.1) is 22.7 Å². The maximum atomic E-state index is 8.98. The van der Waals surface area contributed by atoms with Crippen LogP contribution >= 0.6 is 0 Å². The largest absolute Gasteiger partial charge is 0.382 e. The fourth-order valence-corrected chi connectivity index (χ4v) is 2.45. The number of imidazole rings is 1. The first-order valence-electron chi connectivity index (χ1n) is 7.16. The fraction of sp³-hybridized carbons (Fsp3) is 0.500. The number of nitrogens with zero attached hydrogens (tertiary/aromatic N) is 3. The summed E-state index contributed by atoms with van der Waals surface area (Å²) < 4.78 is 7.64. The molecular formula is C16H21N3O. The molecule has 20 heavy (non-hydrogen) atoms. The van der Waals surface area contributed by atoms with Gasteiger partial charge in [0, 0.05) is 25.7 Å². The van der Waals surface area contributed by atoms with Crippen molar-refractivity contribution >= 4 is 11.0 Å². The molecular weight excluding hydrogens is 250 g/mol. The maximum absolute atomic E-state index is 8.98. The Balaban J connectivity index is 2.32. The lowest BCUT2D eigenvalue weighted by Crippen LogP contribution is -2.07. The highest BCUT2D eigenvalue weighted by molar-refractivity contribution is 5.78. The van der Waals surface area contributed by atoms with Crippen molar-refractivity contribution in [2.45, 2.75) is 39.7 Å². The van der Waals surface area contributed by atoms with E-state index in [0.29, 0.717) is 11.6 Å². The van der Waals surface area contributed by atoms with Gasteiger partial charge in [0.15, 0.2) is 0 Å². The van der Waals surface area contributed by atoms with Crippen LogP contribution in [0.5, 0.6) is 0 Å². The Bertz CT molecular complexity index is 622. The average Bonchev–Trinajstić information content (AvgIpc) is 2.80. The molecule has 0 saturated heterocycles. The Kier molecular flexibility index (Phi) is 4.75. The Labute approximate surface area is 120 Å². The van der Waals surface area contributed by atoms with E-state index >= 15 is 0 Å². The predicted molar refractivity (Wildman–Crippen MR) is 79.6 cm³/mol. The molecule has 106 valence electrons. The summed E-state index contributed by atoms with van der Waals surface area (Å²) in [4.78, 5) is 4.70. The number of aromatic nitrogens is 2. The molecule has 0 bridgehead atoms. The summed E-state index contributed by atoms with van der Waals surface area (Å²) in [5.41, 5.74) is 2.67. The van der Waals surface area contributed by atoms with Gasteiger partial charge in [0.1, 0.15) is 5.82 Å². The lowest BCUT2D eigenvalue weighted by atomic mass is 10.2. The fourth-order valence-electron chi connectivity index (χ4n) is 2.45. The highest BCUT2D eigenvalue weighted by atomic mass is 16.5. The van der Waals surface area contributed by atoms with Gasteiger partial charge in [-0.2, -0.15) is 5.26 Å². The molecule has 0 radical (unpaired) electrons. The van der Waals surface area contributed by atoms with E-state index in [2.05, 4.69) is 24.5 Å². The minimum Gasteiger partial charge on any atom is -0.382 e. The van der Waals surface area contributed by atoms with Crippen molar-refractivity contribution in [3.05, 3.63) is 29.6 Å². The van der Waals surface area contributed by atoms with E-state index in [9.17, 15) is 0 Å². The van der Waals surface area contributed by atoms with Crippen LogP contribution in [0.2, 0.25) is 0 Å². The van der Waals surface area contributed by atoms with Crippen LogP contribution in [0.25, 0.3) is 11.0 Å². The van der Waals surface area contributed by atoms with Gasteiger partial charge in [-0.05, 0) is 45.4 Å². The topological polar surface area (TPSA) is 50.8 Å². The van der Waals surface area contributed by atoms with Crippen LogP contribution in [0, 0.1) is 11.3 Å². The number of ether oxygens (including phenoxy) is 1. The van der Waals surface area contributed by atoms with Gasteiger partial charge in [0.2, 0.25) is 0 Å². The Hall–Kier alpha value is -1.86. The zero-order valence-corrected chi connectivity index (χ0v) is 12.4. The molecule has 1 aromatic heterocycles. The first-order valence-corrected chi connectivity index (χ1v) is 7.16. The molecule has 0 spiro atoms. The molecule has 0 N–H and O–H groups in total. The molecule has 0 fully saturated rings. The molecule has 0 amide bonds. The number of fused-ring (bicyclic) bond motifs is 1. The molecule has 2 rings (SSSR count). The molecule has 4 nitrogen and oxygen atoms in total. The highest BCUT2D eigenvalue weighted by Crippen LogP contribution is 2.23. The van der Waals surface area contributed by atoms with E-state index in [1.807, 2.05) is 25.1 Å². The highest BCUT2D eigenvalue weighted by Gasteiger charge is 2.13. The number of benzene rings is 1. The number of rotatable bonds is 6.